The number of nitrogens with zero attached hydrogens (tertiary/aromatic N) is 5. The van der Waals surface area contributed by atoms with Crippen LogP contribution in [-0.4, -0.2) is 115 Å². The lowest BCUT2D eigenvalue weighted by atomic mass is 9.92. The number of benzene rings is 2. The quantitative estimate of drug-likeness (QED) is 0.346. The molecule has 4 heterocycles. The van der Waals surface area contributed by atoms with E-state index >= 15 is 4.39 Å². The van der Waals surface area contributed by atoms with Gasteiger partial charge in [-0.1, -0.05) is 0 Å². The third-order valence-electron chi connectivity index (χ3n) is 11.1. The number of hydrogen-bond acceptors (Lipinski definition) is 10. The summed E-state index contributed by atoms with van der Waals surface area (Å²) < 4.78 is 55.0. The molecule has 3 aromatic rings. The number of ether oxygens (including phenoxy) is 1. The molecule has 2 unspecified atom stereocenters. The predicted octanol–water partition coefficient (Wildman–Crippen LogP) is 2.51. The number of piperidine rings is 1. The highest BCUT2D eigenvalue weighted by atomic mass is 32.2. The van der Waals surface area contributed by atoms with Gasteiger partial charge in [-0.15, -0.1) is 0 Å². The molecule has 7 rings (SSSR count). The van der Waals surface area contributed by atoms with Crippen LogP contribution < -0.4 is 20.1 Å². The molecule has 51 heavy (non-hydrogen) atoms. The van der Waals surface area contributed by atoms with Crippen molar-refractivity contribution in [3.63, 3.8) is 0 Å². The number of anilines is 2. The van der Waals surface area contributed by atoms with Crippen molar-refractivity contribution < 1.29 is 31.6 Å². The smallest absolute Gasteiger partial charge is 0.341 e. The first kappa shape index (κ1) is 35.4. The maximum Gasteiger partial charge on any atom is 0.341 e. The topological polar surface area (TPSA) is 136 Å². The fourth-order valence-corrected chi connectivity index (χ4v) is 8.54. The maximum absolute atomic E-state index is 15.9. The van der Waals surface area contributed by atoms with Crippen molar-refractivity contribution in [3.05, 3.63) is 67.8 Å². The molecule has 13 nitrogen and oxygen atoms in total. The number of nitrogens with one attached hydrogen (secondary N) is 1. The molecule has 0 bridgehead atoms. The summed E-state index contributed by atoms with van der Waals surface area (Å²) in [5, 5.41) is 0.879. The second kappa shape index (κ2) is 13.2. The zero-order valence-electron chi connectivity index (χ0n) is 29.9. The van der Waals surface area contributed by atoms with Crippen LogP contribution in [0.1, 0.15) is 49.4 Å². The molecule has 1 saturated carbocycles. The normalized spacial score (nSPS) is 22.0. The Balaban J connectivity index is 1.19. The van der Waals surface area contributed by atoms with Crippen LogP contribution in [0, 0.1) is 31.5 Å². The summed E-state index contributed by atoms with van der Waals surface area (Å²) in [6.07, 6.45) is 1.45. The van der Waals surface area contributed by atoms with E-state index in [4.69, 9.17) is 9.15 Å². The highest BCUT2D eigenvalue weighted by Crippen LogP contribution is 2.47. The zero-order chi connectivity index (χ0) is 36.5. The first-order chi connectivity index (χ1) is 24.2. The summed E-state index contributed by atoms with van der Waals surface area (Å²) in [5.41, 5.74) is 3.94. The van der Waals surface area contributed by atoms with E-state index in [1.807, 2.05) is 23.5 Å². The van der Waals surface area contributed by atoms with Crippen LogP contribution in [0.2, 0.25) is 0 Å². The minimum atomic E-state index is -4.19. The van der Waals surface area contributed by atoms with E-state index in [9.17, 15) is 22.8 Å². The summed E-state index contributed by atoms with van der Waals surface area (Å²) >= 11 is 0. The Morgan fingerprint density at radius 2 is 1.75 bits per heavy atom. The van der Waals surface area contributed by atoms with Gasteiger partial charge in [-0.25, -0.2) is 13.9 Å². The van der Waals surface area contributed by atoms with Crippen molar-refractivity contribution in [2.24, 2.45) is 11.8 Å². The predicted molar refractivity (Wildman–Crippen MR) is 191 cm³/mol. The maximum atomic E-state index is 15.9. The van der Waals surface area contributed by atoms with Crippen LogP contribution >= 0.6 is 0 Å². The molecule has 0 spiro atoms. The van der Waals surface area contributed by atoms with Crippen molar-refractivity contribution in [3.8, 4) is 0 Å². The third kappa shape index (κ3) is 6.38. The number of rotatable bonds is 8. The van der Waals surface area contributed by atoms with Crippen molar-refractivity contribution in [1.82, 2.24) is 18.8 Å². The van der Waals surface area contributed by atoms with Gasteiger partial charge in [0.25, 0.3) is 11.8 Å². The summed E-state index contributed by atoms with van der Waals surface area (Å²) in [6, 6.07) is 4.83. The van der Waals surface area contributed by atoms with Crippen molar-refractivity contribution in [1.29, 1.82) is 0 Å². The van der Waals surface area contributed by atoms with Gasteiger partial charge in [0.05, 0.1) is 36.0 Å². The highest BCUT2D eigenvalue weighted by molar-refractivity contribution is 7.87. The second-order valence-electron chi connectivity index (χ2n) is 14.6. The van der Waals surface area contributed by atoms with E-state index in [0.717, 1.165) is 64.2 Å². The molecule has 2 aromatic carbocycles. The standard InChI is InChI=1S/C36H45FN6O7S/c1-20-11-29(41-10-9-40(5)25(17-41)19-49-6)21(2)33-31(20)26-7-8-42(18-27(26)36(46)50-33)35(45)22-13-28(37)32(34(44)38-51(47,48)39(3)4)30(14-22)43-15-23-12-24(23)16-43/h11,13-14,23-25H,7-10,12,15-19H2,1-6H3,(H,38,44)/t23?,24?,25-/m1/s1. The number of methoxy groups -OCH3 is 1. The van der Waals surface area contributed by atoms with E-state index in [1.54, 1.807) is 7.11 Å². The van der Waals surface area contributed by atoms with Crippen LogP contribution in [-0.2, 0) is 27.9 Å². The number of amides is 2. The molecule has 3 atom stereocenters. The molecule has 1 aromatic heterocycles. The van der Waals surface area contributed by atoms with E-state index in [-0.39, 0.29) is 30.4 Å². The van der Waals surface area contributed by atoms with E-state index in [1.165, 1.54) is 25.1 Å². The Morgan fingerprint density at radius 3 is 2.43 bits per heavy atom. The van der Waals surface area contributed by atoms with E-state index in [0.29, 0.717) is 49.1 Å². The third-order valence-corrected chi connectivity index (χ3v) is 12.5. The molecule has 3 fully saturated rings. The van der Waals surface area contributed by atoms with Gasteiger partial charge < -0.3 is 23.9 Å². The van der Waals surface area contributed by atoms with Gasteiger partial charge in [-0.05, 0) is 74.9 Å². The largest absolute Gasteiger partial charge is 0.422 e. The minimum absolute atomic E-state index is 0.0133. The number of piperazine rings is 1. The molecule has 1 N–H and O–H groups in total. The van der Waals surface area contributed by atoms with Gasteiger partial charge in [0, 0.05) is 82.7 Å². The fourth-order valence-electron chi connectivity index (χ4n) is 8.02. The Kier molecular flexibility index (Phi) is 9.13. The van der Waals surface area contributed by atoms with Crippen LogP contribution in [0.15, 0.2) is 27.4 Å². The number of carbonyl (C=O) groups is 2. The van der Waals surface area contributed by atoms with Crippen LogP contribution in [0.4, 0.5) is 15.8 Å². The summed E-state index contributed by atoms with van der Waals surface area (Å²) in [4.78, 5) is 48.8. The van der Waals surface area contributed by atoms with Gasteiger partial charge in [0.1, 0.15) is 11.4 Å². The summed E-state index contributed by atoms with van der Waals surface area (Å²) in [6.45, 7) is 8.53. The lowest BCUT2D eigenvalue weighted by Gasteiger charge is -2.41. The number of likely N-dealkylation sites (N-methyl/N-ethyl adjacent to an activating group) is 1. The van der Waals surface area contributed by atoms with Crippen molar-refractivity contribution in [2.45, 2.75) is 39.3 Å². The molecule has 0 radical (unpaired) electrons. The van der Waals surface area contributed by atoms with Crippen molar-refractivity contribution >= 4 is 44.4 Å². The molecule has 4 aliphatic rings. The van der Waals surface area contributed by atoms with Crippen LogP contribution in [0.3, 0.4) is 0 Å². The van der Waals surface area contributed by atoms with Crippen molar-refractivity contribution in [2.75, 3.05) is 83.9 Å². The Bertz CT molecular complexity index is 2090. The van der Waals surface area contributed by atoms with Crippen LogP contribution in [0.5, 0.6) is 0 Å². The van der Waals surface area contributed by atoms with Gasteiger partial charge >= 0.3 is 15.8 Å². The number of halogens is 1. The van der Waals surface area contributed by atoms with Gasteiger partial charge in [-0.2, -0.15) is 12.7 Å². The first-order valence-electron chi connectivity index (χ1n) is 17.3. The summed E-state index contributed by atoms with van der Waals surface area (Å²) in [5.74, 6) is -1.77. The second-order valence-corrected chi connectivity index (χ2v) is 16.5. The summed E-state index contributed by atoms with van der Waals surface area (Å²) in [7, 11) is 2.13. The number of carbonyl (C=O) groups excluding carboxylic acids is 2. The van der Waals surface area contributed by atoms with E-state index < -0.39 is 39.0 Å². The number of aryl methyl sites for hydroxylation is 2. The van der Waals surface area contributed by atoms with Gasteiger partial charge in [0.2, 0.25) is 0 Å². The van der Waals surface area contributed by atoms with Gasteiger partial charge in [0.15, 0.2) is 0 Å². The monoisotopic (exact) mass is 724 g/mol. The number of fused-ring (bicyclic) bond motifs is 4. The SMILES string of the molecule is COC[C@H]1CN(c2cc(C)c3c4c(c(=O)oc3c2C)CN(C(=O)c2cc(F)c(C(=O)NS(=O)(=O)N(C)C)c(N3CC5CC5C3)c2)CC4)CCN1C. The van der Waals surface area contributed by atoms with E-state index in [2.05, 4.69) is 22.9 Å². The average molecular weight is 725 g/mol. The van der Waals surface area contributed by atoms with Gasteiger partial charge in [-0.3, -0.25) is 14.5 Å². The lowest BCUT2D eigenvalue weighted by Crippen LogP contribution is -2.53. The molecule has 15 heteroatoms. The molecular weight excluding hydrogens is 679 g/mol. The average Bonchev–Trinajstić information content (AvgIpc) is 3.70. The molecule has 2 saturated heterocycles. The van der Waals surface area contributed by atoms with Crippen LogP contribution in [0.25, 0.3) is 11.0 Å². The Morgan fingerprint density at radius 1 is 1.02 bits per heavy atom. The fraction of sp³-hybridized carbons (Fsp3) is 0.528. The molecule has 3 aliphatic heterocycles. The molecule has 2 amide bonds. The minimum Gasteiger partial charge on any atom is -0.422 e. The Labute approximate surface area is 297 Å². The highest BCUT2D eigenvalue weighted by Gasteiger charge is 2.46. The molecule has 1 aliphatic carbocycles. The molecular formula is C36H45FN6O7S. The number of hydrogen-bond donors (Lipinski definition) is 1. The molecule has 274 valence electrons. The first-order valence-corrected chi connectivity index (χ1v) is 18.8. The zero-order valence-corrected chi connectivity index (χ0v) is 30.7. The Hall–Kier alpha value is -4.05. The lowest BCUT2D eigenvalue weighted by molar-refractivity contribution is 0.0732.